The predicted molar refractivity (Wildman–Crippen MR) is 112 cm³/mol. The van der Waals surface area contributed by atoms with E-state index in [4.69, 9.17) is 0 Å². The summed E-state index contributed by atoms with van der Waals surface area (Å²) in [6.07, 6.45) is 5.29. The van der Waals surface area contributed by atoms with Crippen LogP contribution < -0.4 is 4.90 Å². The Labute approximate surface area is 170 Å². The molecule has 2 aromatic heterocycles. The summed E-state index contributed by atoms with van der Waals surface area (Å²) in [5.74, 6) is 0.914. The van der Waals surface area contributed by atoms with Crippen LogP contribution in [0.15, 0.2) is 54.9 Å². The molecule has 3 aromatic rings. The van der Waals surface area contributed by atoms with Gasteiger partial charge in [-0.05, 0) is 36.1 Å². The van der Waals surface area contributed by atoms with E-state index in [1.54, 1.807) is 11.1 Å². The molecule has 0 atom stereocenters. The standard InChI is InChI=1S/C23H24N4O2/c1-17-14-22-26(12-3-13-27(22)25-17)23(29)10-9-21(28)15-18-5-7-19(8-6-18)20-4-2-11-24-16-20/h2,4-8,11,14,16H,3,9-10,12-13,15H2,1H3. The number of aromatic nitrogens is 3. The Balaban J connectivity index is 1.32. The molecule has 0 saturated heterocycles. The first kappa shape index (κ1) is 19.1. The number of nitrogens with zero attached hydrogens (tertiary/aromatic N) is 4. The molecule has 0 N–H and O–H groups in total. The van der Waals surface area contributed by atoms with Crippen LogP contribution in [-0.2, 0) is 22.6 Å². The zero-order valence-electron chi connectivity index (χ0n) is 16.5. The quantitative estimate of drug-likeness (QED) is 0.647. The normalized spacial score (nSPS) is 13.2. The summed E-state index contributed by atoms with van der Waals surface area (Å²) in [6.45, 7) is 3.45. The Morgan fingerprint density at radius 2 is 1.86 bits per heavy atom. The summed E-state index contributed by atoms with van der Waals surface area (Å²) >= 11 is 0. The van der Waals surface area contributed by atoms with Crippen molar-refractivity contribution in [1.82, 2.24) is 14.8 Å². The van der Waals surface area contributed by atoms with Crippen LogP contribution in [0.4, 0.5) is 5.82 Å². The molecule has 6 heteroatoms. The fourth-order valence-electron chi connectivity index (χ4n) is 3.71. The number of anilines is 1. The molecular weight excluding hydrogens is 364 g/mol. The van der Waals surface area contributed by atoms with Gasteiger partial charge < -0.3 is 0 Å². The van der Waals surface area contributed by atoms with Gasteiger partial charge >= 0.3 is 0 Å². The molecule has 0 radical (unpaired) electrons. The second-order valence-electron chi connectivity index (χ2n) is 7.42. The van der Waals surface area contributed by atoms with Crippen molar-refractivity contribution in [2.45, 2.75) is 39.2 Å². The number of rotatable bonds is 6. The minimum Gasteiger partial charge on any atom is -0.299 e. The van der Waals surface area contributed by atoms with Gasteiger partial charge in [-0.1, -0.05) is 30.3 Å². The highest BCUT2D eigenvalue weighted by molar-refractivity contribution is 5.95. The van der Waals surface area contributed by atoms with Crippen molar-refractivity contribution in [3.8, 4) is 11.1 Å². The van der Waals surface area contributed by atoms with Crippen molar-refractivity contribution < 1.29 is 9.59 Å². The Kier molecular flexibility index (Phi) is 5.51. The summed E-state index contributed by atoms with van der Waals surface area (Å²) in [4.78, 5) is 31.0. The zero-order chi connectivity index (χ0) is 20.2. The molecule has 148 valence electrons. The number of pyridine rings is 1. The van der Waals surface area contributed by atoms with Crippen molar-refractivity contribution in [3.63, 3.8) is 0 Å². The highest BCUT2D eigenvalue weighted by Gasteiger charge is 2.24. The number of carbonyl (C=O) groups is 2. The van der Waals surface area contributed by atoms with Crippen molar-refractivity contribution in [3.05, 3.63) is 66.1 Å². The molecule has 1 amide bonds. The molecular formula is C23H24N4O2. The van der Waals surface area contributed by atoms with Crippen LogP contribution in [0.25, 0.3) is 11.1 Å². The molecule has 3 heterocycles. The summed E-state index contributed by atoms with van der Waals surface area (Å²) in [5, 5.41) is 4.42. The third-order valence-electron chi connectivity index (χ3n) is 5.18. The Morgan fingerprint density at radius 3 is 2.62 bits per heavy atom. The Morgan fingerprint density at radius 1 is 1.03 bits per heavy atom. The van der Waals surface area contributed by atoms with E-state index in [2.05, 4.69) is 10.1 Å². The average Bonchev–Trinajstić information content (AvgIpc) is 3.13. The zero-order valence-corrected chi connectivity index (χ0v) is 16.5. The van der Waals surface area contributed by atoms with E-state index in [0.717, 1.165) is 41.2 Å². The Bertz CT molecular complexity index is 1010. The molecule has 0 saturated carbocycles. The van der Waals surface area contributed by atoms with Crippen molar-refractivity contribution in [2.75, 3.05) is 11.4 Å². The first-order valence-electron chi connectivity index (χ1n) is 9.96. The van der Waals surface area contributed by atoms with Gasteiger partial charge in [0, 0.05) is 50.8 Å². The first-order chi connectivity index (χ1) is 14.1. The molecule has 0 fully saturated rings. The maximum Gasteiger partial charge on any atom is 0.228 e. The summed E-state index contributed by atoms with van der Waals surface area (Å²) in [5.41, 5.74) is 3.99. The Hall–Kier alpha value is -3.28. The molecule has 1 aromatic carbocycles. The molecule has 1 aliphatic heterocycles. The van der Waals surface area contributed by atoms with E-state index >= 15 is 0 Å². The van der Waals surface area contributed by atoms with Crippen LogP contribution in [0.3, 0.4) is 0 Å². The maximum absolute atomic E-state index is 12.7. The summed E-state index contributed by atoms with van der Waals surface area (Å²) in [6, 6.07) is 13.8. The van der Waals surface area contributed by atoms with Gasteiger partial charge in [-0.3, -0.25) is 19.5 Å². The van der Waals surface area contributed by atoms with Gasteiger partial charge in [0.25, 0.3) is 0 Å². The molecule has 4 rings (SSSR count). The first-order valence-corrected chi connectivity index (χ1v) is 9.96. The number of ketones is 1. The van der Waals surface area contributed by atoms with E-state index in [-0.39, 0.29) is 24.5 Å². The molecule has 0 bridgehead atoms. The van der Waals surface area contributed by atoms with Crippen molar-refractivity contribution in [2.24, 2.45) is 0 Å². The average molecular weight is 388 g/mol. The number of hydrogen-bond acceptors (Lipinski definition) is 4. The van der Waals surface area contributed by atoms with Gasteiger partial charge in [0.05, 0.1) is 5.69 Å². The molecule has 0 spiro atoms. The summed E-state index contributed by atoms with van der Waals surface area (Å²) in [7, 11) is 0. The van der Waals surface area contributed by atoms with Gasteiger partial charge in [0.15, 0.2) is 0 Å². The lowest BCUT2D eigenvalue weighted by molar-refractivity contribution is -0.123. The van der Waals surface area contributed by atoms with E-state index in [1.807, 2.05) is 60.3 Å². The van der Waals surface area contributed by atoms with E-state index in [9.17, 15) is 9.59 Å². The molecule has 6 nitrogen and oxygen atoms in total. The third kappa shape index (κ3) is 4.42. The van der Waals surface area contributed by atoms with Crippen LogP contribution >= 0.6 is 0 Å². The van der Waals surface area contributed by atoms with Gasteiger partial charge in [0.2, 0.25) is 5.91 Å². The van der Waals surface area contributed by atoms with Crippen molar-refractivity contribution >= 4 is 17.5 Å². The monoisotopic (exact) mass is 388 g/mol. The smallest absolute Gasteiger partial charge is 0.228 e. The lowest BCUT2D eigenvalue weighted by Crippen LogP contribution is -2.37. The highest BCUT2D eigenvalue weighted by Crippen LogP contribution is 2.23. The third-order valence-corrected chi connectivity index (χ3v) is 5.18. The largest absolute Gasteiger partial charge is 0.299 e. The van der Waals surface area contributed by atoms with Gasteiger partial charge in [-0.25, -0.2) is 4.68 Å². The number of Topliss-reactive ketones (excluding diaryl/α,β-unsaturated/α-hetero) is 1. The van der Waals surface area contributed by atoms with Gasteiger partial charge in [0.1, 0.15) is 11.6 Å². The fourth-order valence-corrected chi connectivity index (χ4v) is 3.71. The van der Waals surface area contributed by atoms with E-state index in [0.29, 0.717) is 13.0 Å². The number of fused-ring (bicyclic) bond motifs is 1. The second kappa shape index (κ2) is 8.39. The SMILES string of the molecule is Cc1cc2n(n1)CCCN2C(=O)CCC(=O)Cc1ccc(-c2cccnc2)cc1. The second-order valence-corrected chi connectivity index (χ2v) is 7.42. The summed E-state index contributed by atoms with van der Waals surface area (Å²) < 4.78 is 1.88. The fraction of sp³-hybridized carbons (Fsp3) is 0.304. The molecule has 1 aliphatic rings. The van der Waals surface area contributed by atoms with Crippen LogP contribution in [0, 0.1) is 6.92 Å². The van der Waals surface area contributed by atoms with Gasteiger partial charge in [-0.15, -0.1) is 0 Å². The predicted octanol–water partition coefficient (Wildman–Crippen LogP) is 3.58. The van der Waals surface area contributed by atoms with E-state index in [1.165, 1.54) is 0 Å². The molecule has 0 unspecified atom stereocenters. The van der Waals surface area contributed by atoms with Crippen LogP contribution in [0.1, 0.15) is 30.5 Å². The lowest BCUT2D eigenvalue weighted by atomic mass is 10.0. The van der Waals surface area contributed by atoms with Crippen LogP contribution in [0.2, 0.25) is 0 Å². The number of benzene rings is 1. The van der Waals surface area contributed by atoms with Crippen LogP contribution in [0.5, 0.6) is 0 Å². The maximum atomic E-state index is 12.7. The number of hydrogen-bond donors (Lipinski definition) is 0. The van der Waals surface area contributed by atoms with E-state index < -0.39 is 0 Å². The topological polar surface area (TPSA) is 68.1 Å². The molecule has 29 heavy (non-hydrogen) atoms. The lowest BCUT2D eigenvalue weighted by Gasteiger charge is -2.27. The minimum absolute atomic E-state index is 0.00822. The van der Waals surface area contributed by atoms with Crippen molar-refractivity contribution in [1.29, 1.82) is 0 Å². The number of aryl methyl sites for hydroxylation is 2. The highest BCUT2D eigenvalue weighted by atomic mass is 16.2. The number of carbonyl (C=O) groups excluding carboxylic acids is 2. The minimum atomic E-state index is -0.00822. The number of amides is 1. The van der Waals surface area contributed by atoms with Crippen LogP contribution in [-0.4, -0.2) is 33.0 Å². The van der Waals surface area contributed by atoms with Gasteiger partial charge in [-0.2, -0.15) is 5.10 Å². The molecule has 0 aliphatic carbocycles.